The maximum absolute atomic E-state index is 13.0. The molecule has 2 unspecified atom stereocenters. The standard InChI is InChI=1S/C20H22F3N3O/c1-14(10-15-4-2-6-17(11-15)20(21,22)23)19(27)26-9-8-25-13-18(26)16-5-3-7-24-12-16/h2-7,11-12,14,18,25H,8-10,13H2,1H3. The maximum Gasteiger partial charge on any atom is 0.416 e. The molecule has 1 aliphatic rings. The van der Waals surface area contributed by atoms with Gasteiger partial charge in [-0.05, 0) is 29.7 Å². The van der Waals surface area contributed by atoms with E-state index in [4.69, 9.17) is 0 Å². The molecule has 1 saturated heterocycles. The number of alkyl halides is 3. The molecule has 1 N–H and O–H groups in total. The fraction of sp³-hybridized carbons (Fsp3) is 0.400. The number of nitrogens with zero attached hydrogens (tertiary/aromatic N) is 2. The summed E-state index contributed by atoms with van der Waals surface area (Å²) in [6.45, 7) is 3.66. The number of aromatic nitrogens is 1. The van der Waals surface area contributed by atoms with Gasteiger partial charge in [0, 0.05) is 37.9 Å². The Morgan fingerprint density at radius 3 is 2.85 bits per heavy atom. The van der Waals surface area contributed by atoms with Crippen LogP contribution < -0.4 is 5.32 Å². The molecule has 1 aromatic heterocycles. The Hall–Kier alpha value is -2.41. The van der Waals surface area contributed by atoms with E-state index in [-0.39, 0.29) is 18.4 Å². The quantitative estimate of drug-likeness (QED) is 0.888. The largest absolute Gasteiger partial charge is 0.416 e. The topological polar surface area (TPSA) is 45.2 Å². The second kappa shape index (κ2) is 8.08. The van der Waals surface area contributed by atoms with Crippen molar-refractivity contribution < 1.29 is 18.0 Å². The van der Waals surface area contributed by atoms with Crippen molar-refractivity contribution in [2.75, 3.05) is 19.6 Å². The van der Waals surface area contributed by atoms with Crippen LogP contribution in [-0.2, 0) is 17.4 Å². The number of benzene rings is 1. The molecule has 3 rings (SSSR count). The lowest BCUT2D eigenvalue weighted by atomic mass is 9.96. The first-order chi connectivity index (χ1) is 12.9. The Kier molecular flexibility index (Phi) is 5.79. The third-order valence-corrected chi connectivity index (χ3v) is 4.81. The molecule has 0 spiro atoms. The highest BCUT2D eigenvalue weighted by molar-refractivity contribution is 5.79. The molecule has 4 nitrogen and oxygen atoms in total. The highest BCUT2D eigenvalue weighted by Crippen LogP contribution is 2.30. The second-order valence-electron chi connectivity index (χ2n) is 6.84. The minimum Gasteiger partial charge on any atom is -0.333 e. The first kappa shape index (κ1) is 19.4. The van der Waals surface area contributed by atoms with E-state index >= 15 is 0 Å². The van der Waals surface area contributed by atoms with E-state index in [0.717, 1.165) is 17.7 Å². The Morgan fingerprint density at radius 1 is 1.33 bits per heavy atom. The van der Waals surface area contributed by atoms with E-state index < -0.39 is 17.7 Å². The van der Waals surface area contributed by atoms with Crippen molar-refractivity contribution in [3.8, 4) is 0 Å². The molecule has 1 aliphatic heterocycles. The van der Waals surface area contributed by atoms with E-state index in [9.17, 15) is 18.0 Å². The number of carbonyl (C=O) groups excluding carboxylic acids is 1. The predicted octanol–water partition coefficient (Wildman–Crippen LogP) is 3.45. The lowest BCUT2D eigenvalue weighted by Gasteiger charge is -2.38. The summed E-state index contributed by atoms with van der Waals surface area (Å²) in [5, 5.41) is 3.28. The molecular formula is C20H22F3N3O. The van der Waals surface area contributed by atoms with Gasteiger partial charge in [-0.25, -0.2) is 0 Å². The van der Waals surface area contributed by atoms with Gasteiger partial charge in [-0.3, -0.25) is 9.78 Å². The minimum absolute atomic E-state index is 0.0530. The maximum atomic E-state index is 13.0. The van der Waals surface area contributed by atoms with Crippen molar-refractivity contribution in [3.63, 3.8) is 0 Å². The van der Waals surface area contributed by atoms with E-state index in [1.165, 1.54) is 6.07 Å². The molecule has 27 heavy (non-hydrogen) atoms. The molecule has 1 fully saturated rings. The number of rotatable bonds is 4. The molecule has 144 valence electrons. The molecule has 2 heterocycles. The fourth-order valence-corrected chi connectivity index (χ4v) is 3.44. The van der Waals surface area contributed by atoms with Gasteiger partial charge in [0.05, 0.1) is 11.6 Å². The molecular weight excluding hydrogens is 355 g/mol. The van der Waals surface area contributed by atoms with E-state index in [2.05, 4.69) is 10.3 Å². The van der Waals surface area contributed by atoms with Gasteiger partial charge < -0.3 is 10.2 Å². The monoisotopic (exact) mass is 377 g/mol. The number of piperazine rings is 1. The zero-order valence-corrected chi connectivity index (χ0v) is 15.0. The van der Waals surface area contributed by atoms with Crippen LogP contribution in [0.3, 0.4) is 0 Å². The smallest absolute Gasteiger partial charge is 0.333 e. The molecule has 2 atom stereocenters. The number of hydrogen-bond donors (Lipinski definition) is 1. The third-order valence-electron chi connectivity index (χ3n) is 4.81. The molecule has 0 radical (unpaired) electrons. The third kappa shape index (κ3) is 4.66. The van der Waals surface area contributed by atoms with Crippen LogP contribution in [0.5, 0.6) is 0 Å². The number of carbonyl (C=O) groups is 1. The van der Waals surface area contributed by atoms with Crippen LogP contribution >= 0.6 is 0 Å². The van der Waals surface area contributed by atoms with Gasteiger partial charge in [0.1, 0.15) is 0 Å². The van der Waals surface area contributed by atoms with E-state index in [1.54, 1.807) is 25.4 Å². The molecule has 7 heteroatoms. The fourth-order valence-electron chi connectivity index (χ4n) is 3.44. The van der Waals surface area contributed by atoms with Crippen molar-refractivity contribution in [2.24, 2.45) is 5.92 Å². The number of amides is 1. The van der Waals surface area contributed by atoms with Gasteiger partial charge in [-0.1, -0.05) is 31.2 Å². The first-order valence-corrected chi connectivity index (χ1v) is 8.93. The normalized spacial score (nSPS) is 19.0. The highest BCUT2D eigenvalue weighted by Gasteiger charge is 2.32. The highest BCUT2D eigenvalue weighted by atomic mass is 19.4. The van der Waals surface area contributed by atoms with E-state index in [1.807, 2.05) is 17.0 Å². The summed E-state index contributed by atoms with van der Waals surface area (Å²) in [7, 11) is 0. The van der Waals surface area contributed by atoms with Gasteiger partial charge in [0.15, 0.2) is 0 Å². The van der Waals surface area contributed by atoms with Crippen LogP contribution in [-0.4, -0.2) is 35.4 Å². The molecule has 0 saturated carbocycles. The predicted molar refractivity (Wildman–Crippen MR) is 95.9 cm³/mol. The zero-order chi connectivity index (χ0) is 19.4. The van der Waals surface area contributed by atoms with Crippen LogP contribution in [0.25, 0.3) is 0 Å². The molecule has 0 aliphatic carbocycles. The molecule has 2 aromatic rings. The van der Waals surface area contributed by atoms with E-state index in [0.29, 0.717) is 25.2 Å². The molecule has 1 aromatic carbocycles. The van der Waals surface area contributed by atoms with Crippen LogP contribution in [0.15, 0.2) is 48.8 Å². The minimum atomic E-state index is -4.38. The van der Waals surface area contributed by atoms with Crippen LogP contribution in [0, 0.1) is 5.92 Å². The summed E-state index contributed by atoms with van der Waals surface area (Å²) in [5.41, 5.74) is 0.776. The second-order valence-corrected chi connectivity index (χ2v) is 6.84. The van der Waals surface area contributed by atoms with Crippen molar-refractivity contribution >= 4 is 5.91 Å². The summed E-state index contributed by atoms with van der Waals surface area (Å²) in [6.07, 6.45) is -0.683. The van der Waals surface area contributed by atoms with Crippen molar-refractivity contribution in [2.45, 2.75) is 25.6 Å². The summed E-state index contributed by atoms with van der Waals surface area (Å²) in [5.74, 6) is -0.464. The Bertz CT molecular complexity index is 780. The van der Waals surface area contributed by atoms with Crippen molar-refractivity contribution in [3.05, 3.63) is 65.5 Å². The Morgan fingerprint density at radius 2 is 2.15 bits per heavy atom. The van der Waals surface area contributed by atoms with Crippen LogP contribution in [0.4, 0.5) is 13.2 Å². The van der Waals surface area contributed by atoms with Crippen LogP contribution in [0.1, 0.15) is 29.7 Å². The SMILES string of the molecule is CC(Cc1cccc(C(F)(F)F)c1)C(=O)N1CCNCC1c1cccnc1. The summed E-state index contributed by atoms with van der Waals surface area (Å²) >= 11 is 0. The summed E-state index contributed by atoms with van der Waals surface area (Å²) < 4.78 is 38.7. The molecule has 1 amide bonds. The number of pyridine rings is 1. The van der Waals surface area contributed by atoms with Gasteiger partial charge in [0.2, 0.25) is 5.91 Å². The zero-order valence-electron chi connectivity index (χ0n) is 15.0. The summed E-state index contributed by atoms with van der Waals surface area (Å²) in [4.78, 5) is 19.0. The molecule has 0 bridgehead atoms. The Labute approximate surface area is 156 Å². The number of nitrogens with one attached hydrogen (secondary N) is 1. The number of hydrogen-bond acceptors (Lipinski definition) is 3. The number of halogens is 3. The van der Waals surface area contributed by atoms with Crippen molar-refractivity contribution in [1.82, 2.24) is 15.2 Å². The average molecular weight is 377 g/mol. The van der Waals surface area contributed by atoms with Gasteiger partial charge >= 0.3 is 6.18 Å². The van der Waals surface area contributed by atoms with Crippen LogP contribution in [0.2, 0.25) is 0 Å². The van der Waals surface area contributed by atoms with Gasteiger partial charge in [-0.2, -0.15) is 13.2 Å². The lowest BCUT2D eigenvalue weighted by Crippen LogP contribution is -2.50. The van der Waals surface area contributed by atoms with Crippen molar-refractivity contribution in [1.29, 1.82) is 0 Å². The Balaban J connectivity index is 1.74. The van der Waals surface area contributed by atoms with Gasteiger partial charge in [0.25, 0.3) is 0 Å². The first-order valence-electron chi connectivity index (χ1n) is 8.93. The average Bonchev–Trinajstić information content (AvgIpc) is 2.67. The van der Waals surface area contributed by atoms with Gasteiger partial charge in [-0.15, -0.1) is 0 Å². The lowest BCUT2D eigenvalue weighted by molar-refractivity contribution is -0.138. The summed E-state index contributed by atoms with van der Waals surface area (Å²) in [6, 6.07) is 8.84.